The average molecular weight is 253 g/mol. The standard InChI is InChI=1S/C15H11BFO2/c17-13-4-1-10(2-5-13)7-11-3-6-14-12(8-11)9-15(16-18)19-14/h1-6,8-9,18H,7H2. The highest BCUT2D eigenvalue weighted by Gasteiger charge is 2.05. The summed E-state index contributed by atoms with van der Waals surface area (Å²) in [6, 6.07) is 14.1. The molecule has 1 aromatic heterocycles. The summed E-state index contributed by atoms with van der Waals surface area (Å²) < 4.78 is 18.2. The predicted octanol–water partition coefficient (Wildman–Crippen LogP) is 2.40. The van der Waals surface area contributed by atoms with Crippen LogP contribution in [-0.4, -0.2) is 12.5 Å². The molecule has 2 nitrogen and oxygen atoms in total. The molecule has 1 heterocycles. The first-order valence-corrected chi connectivity index (χ1v) is 5.99. The van der Waals surface area contributed by atoms with E-state index >= 15 is 0 Å². The van der Waals surface area contributed by atoms with Gasteiger partial charge in [-0.15, -0.1) is 0 Å². The normalized spacial score (nSPS) is 10.8. The Labute approximate surface area is 110 Å². The van der Waals surface area contributed by atoms with Gasteiger partial charge in [0.2, 0.25) is 0 Å². The molecular weight excluding hydrogens is 242 g/mol. The van der Waals surface area contributed by atoms with Crippen molar-refractivity contribution in [2.75, 3.05) is 0 Å². The number of rotatable bonds is 3. The predicted molar refractivity (Wildman–Crippen MR) is 73.0 cm³/mol. The molecule has 0 atom stereocenters. The van der Waals surface area contributed by atoms with E-state index in [-0.39, 0.29) is 5.82 Å². The lowest BCUT2D eigenvalue weighted by Crippen LogP contribution is -2.08. The number of furan rings is 1. The molecule has 0 unspecified atom stereocenters. The van der Waals surface area contributed by atoms with Gasteiger partial charge in [0.25, 0.3) is 0 Å². The molecule has 0 aliphatic carbocycles. The molecule has 0 saturated carbocycles. The van der Waals surface area contributed by atoms with E-state index in [1.165, 1.54) is 12.1 Å². The second-order valence-electron chi connectivity index (χ2n) is 4.45. The Morgan fingerprint density at radius 2 is 1.74 bits per heavy atom. The van der Waals surface area contributed by atoms with Crippen LogP contribution >= 0.6 is 0 Å². The van der Waals surface area contributed by atoms with Crippen LogP contribution in [0.5, 0.6) is 0 Å². The van der Waals surface area contributed by atoms with Gasteiger partial charge in [0.05, 0.1) is 5.66 Å². The first-order valence-electron chi connectivity index (χ1n) is 5.99. The second-order valence-corrected chi connectivity index (χ2v) is 4.45. The first-order chi connectivity index (χ1) is 9.24. The van der Waals surface area contributed by atoms with Crippen molar-refractivity contribution in [3.8, 4) is 0 Å². The van der Waals surface area contributed by atoms with Crippen LogP contribution in [0.4, 0.5) is 4.39 Å². The zero-order valence-electron chi connectivity index (χ0n) is 10.1. The van der Waals surface area contributed by atoms with E-state index in [9.17, 15) is 4.39 Å². The largest absolute Gasteiger partial charge is 0.469 e. The third kappa shape index (κ3) is 2.54. The molecule has 3 rings (SSSR count). The van der Waals surface area contributed by atoms with Crippen molar-refractivity contribution >= 4 is 24.1 Å². The van der Waals surface area contributed by atoms with Crippen molar-refractivity contribution < 1.29 is 13.8 Å². The number of halogens is 1. The van der Waals surface area contributed by atoms with Crippen molar-refractivity contribution in [1.82, 2.24) is 0 Å². The highest BCUT2D eigenvalue weighted by molar-refractivity contribution is 6.44. The lowest BCUT2D eigenvalue weighted by molar-refractivity contribution is 0.584. The Balaban J connectivity index is 1.90. The van der Waals surface area contributed by atoms with E-state index in [0.29, 0.717) is 5.66 Å². The molecule has 1 radical (unpaired) electrons. The molecule has 19 heavy (non-hydrogen) atoms. The third-order valence-corrected chi connectivity index (χ3v) is 3.05. The van der Waals surface area contributed by atoms with Crippen molar-refractivity contribution in [2.24, 2.45) is 0 Å². The Kier molecular flexibility index (Phi) is 3.09. The number of benzene rings is 2. The quantitative estimate of drug-likeness (QED) is 0.727. The van der Waals surface area contributed by atoms with Crippen LogP contribution in [0, 0.1) is 5.82 Å². The fourth-order valence-electron chi connectivity index (χ4n) is 2.12. The van der Waals surface area contributed by atoms with Gasteiger partial charge >= 0.3 is 7.48 Å². The van der Waals surface area contributed by atoms with Gasteiger partial charge in [-0.25, -0.2) is 4.39 Å². The number of hydrogen-bond acceptors (Lipinski definition) is 2. The molecule has 3 aromatic rings. The van der Waals surface area contributed by atoms with Gasteiger partial charge in [0.15, 0.2) is 0 Å². The molecule has 4 heteroatoms. The van der Waals surface area contributed by atoms with Gasteiger partial charge in [-0.05, 0) is 47.9 Å². The molecule has 0 fully saturated rings. The summed E-state index contributed by atoms with van der Waals surface area (Å²) in [5.41, 5.74) is 3.35. The Morgan fingerprint density at radius 1 is 1.00 bits per heavy atom. The maximum atomic E-state index is 12.8. The van der Waals surface area contributed by atoms with Gasteiger partial charge in [0, 0.05) is 5.39 Å². The molecule has 93 valence electrons. The summed E-state index contributed by atoms with van der Waals surface area (Å²) in [5, 5.41) is 9.86. The van der Waals surface area contributed by atoms with Gasteiger partial charge in [-0.1, -0.05) is 18.2 Å². The van der Waals surface area contributed by atoms with Gasteiger partial charge in [-0.3, -0.25) is 0 Å². The molecule has 0 aliphatic heterocycles. The van der Waals surface area contributed by atoms with Gasteiger partial charge < -0.3 is 9.44 Å². The molecule has 0 amide bonds. The van der Waals surface area contributed by atoms with E-state index in [0.717, 1.165) is 36.0 Å². The summed E-state index contributed by atoms with van der Waals surface area (Å²) in [7, 11) is 0.944. The Bertz CT molecular complexity index is 704. The van der Waals surface area contributed by atoms with Crippen LogP contribution < -0.4 is 5.66 Å². The Hall–Kier alpha value is -2.07. The first kappa shape index (κ1) is 12.0. The Morgan fingerprint density at radius 3 is 2.47 bits per heavy atom. The smallest absolute Gasteiger partial charge is 0.373 e. The average Bonchev–Trinajstić information content (AvgIpc) is 2.83. The molecule has 0 saturated heterocycles. The summed E-state index contributed by atoms with van der Waals surface area (Å²) in [6.45, 7) is 0. The minimum absolute atomic E-state index is 0.225. The van der Waals surface area contributed by atoms with E-state index < -0.39 is 0 Å². The van der Waals surface area contributed by atoms with Crippen LogP contribution in [0.15, 0.2) is 52.9 Å². The minimum Gasteiger partial charge on any atom is -0.469 e. The fraction of sp³-hybridized carbons (Fsp3) is 0.0667. The number of fused-ring (bicyclic) bond motifs is 1. The second kappa shape index (κ2) is 4.90. The zero-order valence-corrected chi connectivity index (χ0v) is 10.1. The van der Waals surface area contributed by atoms with Crippen LogP contribution in [0.1, 0.15) is 11.1 Å². The van der Waals surface area contributed by atoms with Crippen LogP contribution in [0.25, 0.3) is 11.0 Å². The van der Waals surface area contributed by atoms with E-state index in [1.807, 2.05) is 18.2 Å². The van der Waals surface area contributed by atoms with E-state index in [1.54, 1.807) is 18.2 Å². The lowest BCUT2D eigenvalue weighted by atomic mass is 9.97. The summed E-state index contributed by atoms with van der Waals surface area (Å²) in [5.74, 6) is -0.225. The molecule has 1 N–H and O–H groups in total. The van der Waals surface area contributed by atoms with Crippen molar-refractivity contribution in [2.45, 2.75) is 6.42 Å². The lowest BCUT2D eigenvalue weighted by Gasteiger charge is -2.02. The van der Waals surface area contributed by atoms with Gasteiger partial charge in [-0.2, -0.15) is 0 Å². The molecule has 0 bridgehead atoms. The van der Waals surface area contributed by atoms with Gasteiger partial charge in [0.1, 0.15) is 11.4 Å². The van der Waals surface area contributed by atoms with E-state index in [2.05, 4.69) is 0 Å². The maximum Gasteiger partial charge on any atom is 0.373 e. The fourth-order valence-corrected chi connectivity index (χ4v) is 2.12. The van der Waals surface area contributed by atoms with Crippen LogP contribution in [0.3, 0.4) is 0 Å². The summed E-state index contributed by atoms with van der Waals surface area (Å²) in [4.78, 5) is 0. The SMILES string of the molecule is O[B]c1cc2cc(Cc3ccc(F)cc3)ccc2o1. The highest BCUT2D eigenvalue weighted by Crippen LogP contribution is 2.18. The zero-order chi connectivity index (χ0) is 13.2. The minimum atomic E-state index is -0.225. The maximum absolute atomic E-state index is 12.8. The monoisotopic (exact) mass is 253 g/mol. The number of hydrogen-bond donors (Lipinski definition) is 1. The van der Waals surface area contributed by atoms with Crippen LogP contribution in [-0.2, 0) is 6.42 Å². The highest BCUT2D eigenvalue weighted by atomic mass is 19.1. The summed E-state index contributed by atoms with van der Waals surface area (Å²) in [6.07, 6.45) is 0.736. The van der Waals surface area contributed by atoms with Crippen LogP contribution in [0.2, 0.25) is 0 Å². The summed E-state index contributed by atoms with van der Waals surface area (Å²) >= 11 is 0. The van der Waals surface area contributed by atoms with E-state index in [4.69, 9.17) is 9.44 Å². The van der Waals surface area contributed by atoms with Crippen molar-refractivity contribution in [3.63, 3.8) is 0 Å². The van der Waals surface area contributed by atoms with Crippen molar-refractivity contribution in [3.05, 3.63) is 65.5 Å². The molecule has 2 aromatic carbocycles. The molecule has 0 aliphatic rings. The van der Waals surface area contributed by atoms with Crippen molar-refractivity contribution in [1.29, 1.82) is 0 Å². The molecular formula is C15H11BFO2. The molecule has 0 spiro atoms. The topological polar surface area (TPSA) is 33.4 Å². The third-order valence-electron chi connectivity index (χ3n) is 3.05.